The first-order valence-electron chi connectivity index (χ1n) is 7.05. The van der Waals surface area contributed by atoms with E-state index >= 15 is 0 Å². The van der Waals surface area contributed by atoms with Crippen LogP contribution in [0.2, 0.25) is 0 Å². The van der Waals surface area contributed by atoms with Gasteiger partial charge in [-0.1, -0.05) is 18.2 Å². The largest absolute Gasteiger partial charge is 0.366 e. The van der Waals surface area contributed by atoms with Crippen LogP contribution in [-0.4, -0.2) is 25.7 Å². The molecular weight excluding hydrogens is 220 g/mol. The number of rotatable bonds is 3. The van der Waals surface area contributed by atoms with Crippen LogP contribution in [0.5, 0.6) is 0 Å². The first kappa shape index (κ1) is 13.4. The number of hydrogen-bond donors (Lipinski definition) is 1. The van der Waals surface area contributed by atoms with Crippen molar-refractivity contribution >= 4 is 5.69 Å². The molecule has 100 valence electrons. The molecule has 2 heteroatoms. The van der Waals surface area contributed by atoms with Crippen LogP contribution in [0.4, 0.5) is 5.69 Å². The van der Waals surface area contributed by atoms with Crippen LogP contribution in [0.15, 0.2) is 24.3 Å². The summed E-state index contributed by atoms with van der Waals surface area (Å²) in [6, 6.07) is 8.76. The van der Waals surface area contributed by atoms with Gasteiger partial charge in [-0.15, -0.1) is 0 Å². The van der Waals surface area contributed by atoms with Gasteiger partial charge in [-0.3, -0.25) is 0 Å². The Morgan fingerprint density at radius 3 is 2.72 bits per heavy atom. The molecule has 0 amide bonds. The summed E-state index contributed by atoms with van der Waals surface area (Å²) >= 11 is 0. The average molecular weight is 246 g/mol. The summed E-state index contributed by atoms with van der Waals surface area (Å²) in [5.74, 6) is 0.718. The zero-order valence-corrected chi connectivity index (χ0v) is 12.2. The van der Waals surface area contributed by atoms with Crippen molar-refractivity contribution in [2.45, 2.75) is 39.2 Å². The van der Waals surface area contributed by atoms with Gasteiger partial charge in [0.1, 0.15) is 0 Å². The number of piperidine rings is 1. The van der Waals surface area contributed by atoms with Crippen molar-refractivity contribution in [2.75, 3.05) is 25.0 Å². The van der Waals surface area contributed by atoms with E-state index in [-0.39, 0.29) is 5.54 Å². The highest BCUT2D eigenvalue weighted by atomic mass is 15.2. The summed E-state index contributed by atoms with van der Waals surface area (Å²) in [4.78, 5) is 2.60. The number of nitrogens with one attached hydrogen (secondary N) is 1. The van der Waals surface area contributed by atoms with E-state index in [2.05, 4.69) is 62.3 Å². The number of nitrogens with zero attached hydrogens (tertiary/aromatic N) is 1. The highest BCUT2D eigenvalue weighted by Crippen LogP contribution is 2.37. The third-order valence-electron chi connectivity index (χ3n) is 4.49. The van der Waals surface area contributed by atoms with Gasteiger partial charge in [-0.25, -0.2) is 0 Å². The van der Waals surface area contributed by atoms with Crippen molar-refractivity contribution in [1.82, 2.24) is 5.32 Å². The van der Waals surface area contributed by atoms with Gasteiger partial charge in [0.05, 0.1) is 0 Å². The fourth-order valence-electron chi connectivity index (χ4n) is 3.25. The summed E-state index contributed by atoms with van der Waals surface area (Å²) < 4.78 is 0. The minimum Gasteiger partial charge on any atom is -0.366 e. The van der Waals surface area contributed by atoms with E-state index in [1.165, 1.54) is 30.6 Å². The zero-order valence-electron chi connectivity index (χ0n) is 12.2. The van der Waals surface area contributed by atoms with Crippen LogP contribution >= 0.6 is 0 Å². The van der Waals surface area contributed by atoms with E-state index in [1.807, 2.05) is 0 Å². The van der Waals surface area contributed by atoms with E-state index in [4.69, 9.17) is 0 Å². The molecule has 0 aromatic heterocycles. The molecule has 1 aliphatic heterocycles. The Kier molecular flexibility index (Phi) is 3.96. The number of anilines is 1. The number of para-hydroxylation sites is 1. The van der Waals surface area contributed by atoms with E-state index < -0.39 is 0 Å². The maximum Gasteiger partial charge on any atom is 0.0400 e. The number of aryl methyl sites for hydroxylation is 1. The number of hydrogen-bond acceptors (Lipinski definition) is 2. The summed E-state index contributed by atoms with van der Waals surface area (Å²) in [6.45, 7) is 9.28. The smallest absolute Gasteiger partial charge is 0.0400 e. The molecule has 1 unspecified atom stereocenters. The van der Waals surface area contributed by atoms with Gasteiger partial charge in [0.2, 0.25) is 0 Å². The molecule has 1 heterocycles. The van der Waals surface area contributed by atoms with Gasteiger partial charge in [-0.05, 0) is 64.8 Å². The van der Waals surface area contributed by atoms with E-state index in [0.29, 0.717) is 0 Å². The first-order chi connectivity index (χ1) is 8.57. The minimum absolute atomic E-state index is 0.230. The predicted molar refractivity (Wildman–Crippen MR) is 79.3 cm³/mol. The number of benzene rings is 1. The maximum absolute atomic E-state index is 3.35. The van der Waals surface area contributed by atoms with Crippen LogP contribution in [-0.2, 0) is 0 Å². The Balaban J connectivity index is 2.29. The topological polar surface area (TPSA) is 15.3 Å². The Bertz CT molecular complexity index is 396. The molecule has 18 heavy (non-hydrogen) atoms. The highest BCUT2D eigenvalue weighted by molar-refractivity contribution is 5.55. The van der Waals surface area contributed by atoms with Gasteiger partial charge in [0.15, 0.2) is 0 Å². The van der Waals surface area contributed by atoms with Crippen LogP contribution < -0.4 is 10.2 Å². The van der Waals surface area contributed by atoms with Gasteiger partial charge < -0.3 is 10.2 Å². The van der Waals surface area contributed by atoms with Gasteiger partial charge in [-0.2, -0.15) is 0 Å². The van der Waals surface area contributed by atoms with Crippen molar-refractivity contribution in [3.63, 3.8) is 0 Å². The van der Waals surface area contributed by atoms with Crippen molar-refractivity contribution in [1.29, 1.82) is 0 Å². The van der Waals surface area contributed by atoms with Crippen LogP contribution in [0, 0.1) is 12.8 Å². The second-order valence-corrected chi connectivity index (χ2v) is 5.99. The summed E-state index contributed by atoms with van der Waals surface area (Å²) in [6.07, 6.45) is 2.63. The lowest BCUT2D eigenvalue weighted by atomic mass is 9.78. The molecule has 2 rings (SSSR count). The molecule has 1 N–H and O–H groups in total. The third kappa shape index (κ3) is 2.39. The summed E-state index contributed by atoms with van der Waals surface area (Å²) in [5.41, 5.74) is 3.02. The summed E-state index contributed by atoms with van der Waals surface area (Å²) in [5, 5.41) is 3.35. The van der Waals surface area contributed by atoms with Crippen LogP contribution in [0.25, 0.3) is 0 Å². The van der Waals surface area contributed by atoms with E-state index in [9.17, 15) is 0 Å². The van der Waals surface area contributed by atoms with Crippen LogP contribution in [0.1, 0.15) is 32.3 Å². The maximum atomic E-state index is 3.35. The Morgan fingerprint density at radius 2 is 2.06 bits per heavy atom. The fourth-order valence-corrected chi connectivity index (χ4v) is 3.25. The molecule has 0 spiro atoms. The van der Waals surface area contributed by atoms with Gasteiger partial charge in [0, 0.05) is 17.8 Å². The second kappa shape index (κ2) is 5.31. The average Bonchev–Trinajstić information content (AvgIpc) is 2.33. The summed E-state index contributed by atoms with van der Waals surface area (Å²) in [7, 11) is 2.06. The lowest BCUT2D eigenvalue weighted by Crippen LogP contribution is -2.56. The predicted octanol–water partition coefficient (Wildman–Crippen LogP) is 3.21. The Morgan fingerprint density at radius 1 is 1.33 bits per heavy atom. The van der Waals surface area contributed by atoms with Gasteiger partial charge >= 0.3 is 0 Å². The fraction of sp³-hybridized carbons (Fsp3) is 0.625. The minimum atomic E-state index is 0.230. The molecule has 0 saturated carbocycles. The normalized spacial score (nSPS) is 23.1. The Hall–Kier alpha value is -1.02. The molecule has 1 aromatic carbocycles. The second-order valence-electron chi connectivity index (χ2n) is 5.99. The van der Waals surface area contributed by atoms with Crippen molar-refractivity contribution in [3.8, 4) is 0 Å². The molecule has 1 aromatic rings. The highest BCUT2D eigenvalue weighted by Gasteiger charge is 2.38. The lowest BCUT2D eigenvalue weighted by Gasteiger charge is -2.50. The first-order valence-corrected chi connectivity index (χ1v) is 7.05. The molecule has 1 saturated heterocycles. The standard InChI is InChI=1S/C16H26N2/c1-13-8-5-6-10-15(13)18-11-7-9-14(12-17-4)16(18,2)3/h5-6,8,10,14,17H,7,9,11-12H2,1-4H3. The molecular formula is C16H26N2. The molecule has 2 nitrogen and oxygen atoms in total. The molecule has 1 aliphatic rings. The van der Waals surface area contributed by atoms with E-state index in [0.717, 1.165) is 12.5 Å². The molecule has 0 bridgehead atoms. The van der Waals surface area contributed by atoms with Crippen molar-refractivity contribution < 1.29 is 0 Å². The third-order valence-corrected chi connectivity index (χ3v) is 4.49. The quantitative estimate of drug-likeness (QED) is 0.881. The van der Waals surface area contributed by atoms with Crippen LogP contribution in [0.3, 0.4) is 0 Å². The molecule has 0 aliphatic carbocycles. The molecule has 1 fully saturated rings. The lowest BCUT2D eigenvalue weighted by molar-refractivity contribution is 0.234. The van der Waals surface area contributed by atoms with E-state index in [1.54, 1.807) is 0 Å². The molecule has 0 radical (unpaired) electrons. The van der Waals surface area contributed by atoms with Crippen molar-refractivity contribution in [2.24, 2.45) is 5.92 Å². The molecule has 1 atom stereocenters. The zero-order chi connectivity index (χ0) is 13.2. The SMILES string of the molecule is CNCC1CCCN(c2ccccc2C)C1(C)C. The Labute approximate surface area is 111 Å². The van der Waals surface area contributed by atoms with Crippen molar-refractivity contribution in [3.05, 3.63) is 29.8 Å². The monoisotopic (exact) mass is 246 g/mol. The van der Waals surface area contributed by atoms with Gasteiger partial charge in [0.25, 0.3) is 0 Å².